The molecule has 1 amide bonds. The highest BCUT2D eigenvalue weighted by molar-refractivity contribution is 5.81. The van der Waals surface area contributed by atoms with Crippen molar-refractivity contribution in [3.8, 4) is 0 Å². The van der Waals surface area contributed by atoms with E-state index in [1.165, 1.54) is 12.8 Å². The second-order valence-electron chi connectivity index (χ2n) is 6.04. The van der Waals surface area contributed by atoms with Crippen molar-refractivity contribution in [1.82, 2.24) is 10.2 Å². The smallest absolute Gasteiger partial charge is 0.237 e. The monoisotopic (exact) mass is 277 g/mol. The van der Waals surface area contributed by atoms with Crippen molar-refractivity contribution < 1.29 is 9.21 Å². The molecule has 0 aliphatic carbocycles. The Morgan fingerprint density at radius 3 is 2.80 bits per heavy atom. The molecule has 2 aliphatic rings. The van der Waals surface area contributed by atoms with Crippen LogP contribution in [0.5, 0.6) is 0 Å². The van der Waals surface area contributed by atoms with Gasteiger partial charge in [-0.3, -0.25) is 9.69 Å². The van der Waals surface area contributed by atoms with Gasteiger partial charge in [0, 0.05) is 18.1 Å². The normalized spacial score (nSPS) is 31.2. The summed E-state index contributed by atoms with van der Waals surface area (Å²) in [4.78, 5) is 14.7. The predicted molar refractivity (Wildman–Crippen MR) is 75.9 cm³/mol. The maximum atomic E-state index is 12.3. The summed E-state index contributed by atoms with van der Waals surface area (Å²) >= 11 is 0. The summed E-state index contributed by atoms with van der Waals surface area (Å²) in [6.45, 7) is 2.46. The second-order valence-corrected chi connectivity index (χ2v) is 6.04. The summed E-state index contributed by atoms with van der Waals surface area (Å²) in [5.41, 5.74) is 6.08. The third kappa shape index (κ3) is 2.60. The molecule has 3 atom stereocenters. The van der Waals surface area contributed by atoms with Gasteiger partial charge in [0.05, 0.1) is 18.8 Å². The first-order chi connectivity index (χ1) is 9.65. The SMILES string of the molecule is CC(C(=O)NCc1ccco1)N1C2CCC1CC(N)C2. The molecule has 0 saturated carbocycles. The number of nitrogens with two attached hydrogens (primary N) is 1. The molecular formula is C15H23N3O2. The topological polar surface area (TPSA) is 71.5 Å². The fraction of sp³-hybridized carbons (Fsp3) is 0.667. The Labute approximate surface area is 119 Å². The van der Waals surface area contributed by atoms with Crippen LogP contribution >= 0.6 is 0 Å². The number of fused-ring (bicyclic) bond motifs is 2. The van der Waals surface area contributed by atoms with E-state index >= 15 is 0 Å². The molecule has 20 heavy (non-hydrogen) atoms. The van der Waals surface area contributed by atoms with E-state index in [0.717, 1.165) is 18.6 Å². The van der Waals surface area contributed by atoms with Crippen molar-refractivity contribution in [3.05, 3.63) is 24.2 Å². The first-order valence-corrected chi connectivity index (χ1v) is 7.48. The largest absolute Gasteiger partial charge is 0.467 e. The number of hydrogen-bond acceptors (Lipinski definition) is 4. The number of furan rings is 1. The van der Waals surface area contributed by atoms with Crippen molar-refractivity contribution in [2.75, 3.05) is 0 Å². The Bertz CT molecular complexity index is 446. The van der Waals surface area contributed by atoms with Gasteiger partial charge in [0.25, 0.3) is 0 Å². The maximum absolute atomic E-state index is 12.3. The molecule has 1 aromatic rings. The number of piperidine rings is 1. The minimum absolute atomic E-state index is 0.0776. The zero-order chi connectivity index (χ0) is 14.1. The summed E-state index contributed by atoms with van der Waals surface area (Å²) in [5, 5.41) is 2.96. The van der Waals surface area contributed by atoms with Crippen molar-refractivity contribution in [2.45, 2.75) is 63.3 Å². The van der Waals surface area contributed by atoms with Crippen LogP contribution < -0.4 is 11.1 Å². The van der Waals surface area contributed by atoms with Crippen LogP contribution in [0, 0.1) is 0 Å². The number of rotatable bonds is 4. The molecule has 2 saturated heterocycles. The van der Waals surface area contributed by atoms with E-state index in [2.05, 4.69) is 10.2 Å². The van der Waals surface area contributed by atoms with Crippen LogP contribution in [-0.2, 0) is 11.3 Å². The molecule has 2 aliphatic heterocycles. The van der Waals surface area contributed by atoms with E-state index in [0.29, 0.717) is 24.7 Å². The van der Waals surface area contributed by atoms with Crippen molar-refractivity contribution in [3.63, 3.8) is 0 Å². The van der Waals surface area contributed by atoms with Crippen LogP contribution in [0.15, 0.2) is 22.8 Å². The van der Waals surface area contributed by atoms with Gasteiger partial charge in [-0.05, 0) is 44.7 Å². The lowest BCUT2D eigenvalue weighted by Gasteiger charge is -2.40. The molecular weight excluding hydrogens is 254 g/mol. The molecule has 3 N–H and O–H groups in total. The first kappa shape index (κ1) is 13.6. The van der Waals surface area contributed by atoms with Crippen molar-refractivity contribution in [2.24, 2.45) is 5.73 Å². The minimum Gasteiger partial charge on any atom is -0.467 e. The summed E-state index contributed by atoms with van der Waals surface area (Å²) in [5.74, 6) is 0.864. The third-order valence-corrected chi connectivity index (χ3v) is 4.67. The Morgan fingerprint density at radius 1 is 1.50 bits per heavy atom. The fourth-order valence-electron chi connectivity index (χ4n) is 3.76. The van der Waals surface area contributed by atoms with Crippen LogP contribution in [0.4, 0.5) is 0 Å². The van der Waals surface area contributed by atoms with Gasteiger partial charge in [0.2, 0.25) is 5.91 Å². The molecule has 3 unspecified atom stereocenters. The van der Waals surface area contributed by atoms with Gasteiger partial charge in [-0.2, -0.15) is 0 Å². The van der Waals surface area contributed by atoms with Crippen molar-refractivity contribution in [1.29, 1.82) is 0 Å². The number of hydrogen-bond donors (Lipinski definition) is 2. The lowest BCUT2D eigenvalue weighted by molar-refractivity contribution is -0.128. The lowest BCUT2D eigenvalue weighted by Crippen LogP contribution is -2.55. The van der Waals surface area contributed by atoms with Gasteiger partial charge >= 0.3 is 0 Å². The predicted octanol–water partition coefficient (Wildman–Crippen LogP) is 1.24. The minimum atomic E-state index is -0.0880. The van der Waals surface area contributed by atoms with Crippen LogP contribution in [0.1, 0.15) is 38.4 Å². The highest BCUT2D eigenvalue weighted by Crippen LogP contribution is 2.36. The Balaban J connectivity index is 1.58. The van der Waals surface area contributed by atoms with Gasteiger partial charge in [0.15, 0.2) is 0 Å². The molecule has 5 heteroatoms. The van der Waals surface area contributed by atoms with E-state index in [4.69, 9.17) is 10.2 Å². The Kier molecular flexibility index (Phi) is 3.81. The van der Waals surface area contributed by atoms with Gasteiger partial charge in [-0.15, -0.1) is 0 Å². The van der Waals surface area contributed by atoms with E-state index < -0.39 is 0 Å². The Hall–Kier alpha value is -1.33. The van der Waals surface area contributed by atoms with Gasteiger partial charge < -0.3 is 15.5 Å². The highest BCUT2D eigenvalue weighted by atomic mass is 16.3. The fourth-order valence-corrected chi connectivity index (χ4v) is 3.76. The number of amides is 1. The van der Waals surface area contributed by atoms with Crippen molar-refractivity contribution >= 4 is 5.91 Å². The van der Waals surface area contributed by atoms with Crippen LogP contribution in [0.2, 0.25) is 0 Å². The molecule has 0 spiro atoms. The third-order valence-electron chi connectivity index (χ3n) is 4.67. The molecule has 110 valence electrons. The second kappa shape index (κ2) is 5.58. The highest BCUT2D eigenvalue weighted by Gasteiger charge is 2.43. The quantitative estimate of drug-likeness (QED) is 0.868. The summed E-state index contributed by atoms with van der Waals surface area (Å²) < 4.78 is 5.23. The molecule has 0 aromatic carbocycles. The van der Waals surface area contributed by atoms with Crippen LogP contribution in [0.3, 0.4) is 0 Å². The van der Waals surface area contributed by atoms with Crippen LogP contribution in [0.25, 0.3) is 0 Å². The summed E-state index contributed by atoms with van der Waals surface area (Å²) in [6, 6.07) is 4.88. The first-order valence-electron chi connectivity index (χ1n) is 7.48. The number of nitrogens with one attached hydrogen (secondary N) is 1. The van der Waals surface area contributed by atoms with E-state index in [9.17, 15) is 4.79 Å². The molecule has 2 fully saturated rings. The standard InChI is InChI=1S/C15H23N3O2/c1-10(15(19)17-9-14-3-2-6-20-14)18-12-4-5-13(18)8-11(16)7-12/h2-3,6,10-13H,4-5,7-9,16H2,1H3,(H,17,19). The molecule has 2 bridgehead atoms. The zero-order valence-corrected chi connectivity index (χ0v) is 11.9. The number of nitrogens with zero attached hydrogens (tertiary/aromatic N) is 1. The lowest BCUT2D eigenvalue weighted by atomic mass is 9.96. The molecule has 1 aromatic heterocycles. The number of carbonyl (C=O) groups is 1. The van der Waals surface area contributed by atoms with Gasteiger partial charge in [-0.25, -0.2) is 0 Å². The van der Waals surface area contributed by atoms with Crippen LogP contribution in [-0.4, -0.2) is 35.0 Å². The molecule has 5 nitrogen and oxygen atoms in total. The zero-order valence-electron chi connectivity index (χ0n) is 11.9. The van der Waals surface area contributed by atoms with E-state index in [1.54, 1.807) is 6.26 Å². The van der Waals surface area contributed by atoms with Gasteiger partial charge in [0.1, 0.15) is 5.76 Å². The van der Waals surface area contributed by atoms with E-state index in [1.807, 2.05) is 19.1 Å². The maximum Gasteiger partial charge on any atom is 0.237 e. The number of carbonyl (C=O) groups excluding carboxylic acids is 1. The van der Waals surface area contributed by atoms with E-state index in [-0.39, 0.29) is 11.9 Å². The molecule has 3 rings (SSSR count). The Morgan fingerprint density at radius 2 is 2.20 bits per heavy atom. The average molecular weight is 277 g/mol. The van der Waals surface area contributed by atoms with Gasteiger partial charge in [-0.1, -0.05) is 0 Å². The summed E-state index contributed by atoms with van der Waals surface area (Å²) in [7, 11) is 0. The average Bonchev–Trinajstić information content (AvgIpc) is 3.02. The molecule has 0 radical (unpaired) electrons. The molecule has 3 heterocycles. The summed E-state index contributed by atoms with van der Waals surface area (Å²) in [6.07, 6.45) is 6.01.